The molecular weight excluding hydrogens is 316 g/mol. The number of allylic oxidation sites excluding steroid dienone is 2. The van der Waals surface area contributed by atoms with Gasteiger partial charge in [-0.05, 0) is 65.2 Å². The number of hydrogen-bond acceptors (Lipinski definition) is 3. The van der Waals surface area contributed by atoms with Crippen molar-refractivity contribution in [2.24, 2.45) is 11.8 Å². The lowest BCUT2D eigenvalue weighted by Gasteiger charge is -2.40. The minimum absolute atomic E-state index is 0.143. The van der Waals surface area contributed by atoms with Gasteiger partial charge in [-0.2, -0.15) is 0 Å². The van der Waals surface area contributed by atoms with Crippen molar-refractivity contribution in [3.8, 4) is 0 Å². The maximum atomic E-state index is 13.0. The van der Waals surface area contributed by atoms with E-state index in [1.54, 1.807) is 0 Å². The van der Waals surface area contributed by atoms with Crippen LogP contribution in [-0.2, 0) is 9.53 Å². The zero-order chi connectivity index (χ0) is 18.0. The highest BCUT2D eigenvalue weighted by Crippen LogP contribution is 2.33. The second-order valence-corrected chi connectivity index (χ2v) is 8.71. The molecule has 1 aliphatic carbocycles. The van der Waals surface area contributed by atoms with Crippen LogP contribution in [0.15, 0.2) is 12.2 Å². The third kappa shape index (κ3) is 4.36. The smallest absolute Gasteiger partial charge is 0.410 e. The molecule has 0 aromatic rings. The molecule has 0 saturated carbocycles. The van der Waals surface area contributed by atoms with Crippen molar-refractivity contribution < 1.29 is 14.3 Å². The fourth-order valence-corrected chi connectivity index (χ4v) is 4.37. The number of ether oxygens (including phenoxy) is 1. The van der Waals surface area contributed by atoms with Gasteiger partial charge in [0.2, 0.25) is 5.91 Å². The highest BCUT2D eigenvalue weighted by Gasteiger charge is 2.40. The molecule has 25 heavy (non-hydrogen) atoms. The molecule has 2 heterocycles. The summed E-state index contributed by atoms with van der Waals surface area (Å²) >= 11 is 0. The van der Waals surface area contributed by atoms with Gasteiger partial charge in [0.1, 0.15) is 5.60 Å². The van der Waals surface area contributed by atoms with E-state index in [2.05, 4.69) is 17.1 Å². The van der Waals surface area contributed by atoms with Gasteiger partial charge in [-0.25, -0.2) is 4.79 Å². The van der Waals surface area contributed by atoms with E-state index in [1.165, 1.54) is 6.42 Å². The highest BCUT2D eigenvalue weighted by molar-refractivity contribution is 5.80. The Labute approximate surface area is 151 Å². The van der Waals surface area contributed by atoms with Gasteiger partial charge in [0.25, 0.3) is 0 Å². The molecule has 0 spiro atoms. The first-order valence-electron chi connectivity index (χ1n) is 9.78. The minimum atomic E-state index is -0.461. The van der Waals surface area contributed by atoms with Crippen LogP contribution in [-0.4, -0.2) is 53.1 Å². The lowest BCUT2D eigenvalue weighted by atomic mass is 9.88. The molecule has 0 unspecified atom stereocenters. The predicted octanol–water partition coefficient (Wildman–Crippen LogP) is 3.59. The molecule has 3 aliphatic rings. The van der Waals surface area contributed by atoms with E-state index in [1.807, 2.05) is 25.7 Å². The maximum Gasteiger partial charge on any atom is 0.410 e. The van der Waals surface area contributed by atoms with Crippen LogP contribution in [0.3, 0.4) is 0 Å². The zero-order valence-electron chi connectivity index (χ0n) is 15.9. The molecule has 0 N–H and O–H groups in total. The number of likely N-dealkylation sites (tertiary alicyclic amines) is 2. The molecule has 2 aliphatic heterocycles. The monoisotopic (exact) mass is 348 g/mol. The third-order valence-electron chi connectivity index (χ3n) is 5.61. The molecule has 5 nitrogen and oxygen atoms in total. The Hall–Kier alpha value is -1.52. The second-order valence-electron chi connectivity index (χ2n) is 8.71. The number of amides is 2. The van der Waals surface area contributed by atoms with Crippen molar-refractivity contribution in [3.63, 3.8) is 0 Å². The summed E-state index contributed by atoms with van der Waals surface area (Å²) in [4.78, 5) is 29.2. The van der Waals surface area contributed by atoms with Crippen LogP contribution >= 0.6 is 0 Å². The van der Waals surface area contributed by atoms with Crippen molar-refractivity contribution in [3.05, 3.63) is 12.2 Å². The van der Waals surface area contributed by atoms with Crippen LogP contribution in [0.25, 0.3) is 0 Å². The van der Waals surface area contributed by atoms with Crippen LogP contribution in [0, 0.1) is 11.8 Å². The molecule has 2 atom stereocenters. The summed E-state index contributed by atoms with van der Waals surface area (Å²) in [6, 6.07) is 0.286. The van der Waals surface area contributed by atoms with Gasteiger partial charge < -0.3 is 14.5 Å². The fraction of sp³-hybridized carbons (Fsp3) is 0.800. The van der Waals surface area contributed by atoms with Crippen LogP contribution in [0.2, 0.25) is 0 Å². The number of piperidine rings is 1. The molecule has 0 bridgehead atoms. The summed E-state index contributed by atoms with van der Waals surface area (Å²) in [5, 5.41) is 0. The topological polar surface area (TPSA) is 49.9 Å². The SMILES string of the molecule is CC(C)(C)OC(=O)N1CC[C@H]([C@H]2CCCCN2C(=O)C2CC=CC2)C1. The second kappa shape index (κ2) is 7.38. The van der Waals surface area contributed by atoms with E-state index >= 15 is 0 Å². The summed E-state index contributed by atoms with van der Waals surface area (Å²) in [7, 11) is 0. The van der Waals surface area contributed by atoms with E-state index in [9.17, 15) is 9.59 Å². The van der Waals surface area contributed by atoms with Gasteiger partial charge in [0.05, 0.1) is 0 Å². The number of rotatable bonds is 2. The van der Waals surface area contributed by atoms with Crippen molar-refractivity contribution in [2.45, 2.75) is 70.9 Å². The number of carbonyl (C=O) groups excluding carboxylic acids is 2. The summed E-state index contributed by atoms with van der Waals surface area (Å²) in [6.45, 7) is 8.03. The Balaban J connectivity index is 1.61. The molecule has 2 fully saturated rings. The van der Waals surface area contributed by atoms with Crippen LogP contribution < -0.4 is 0 Å². The molecule has 2 saturated heterocycles. The standard InChI is InChI=1S/C20H32N2O3/c1-20(2,3)25-19(24)21-13-11-16(14-21)17-10-6-7-12-22(17)18(23)15-8-4-5-9-15/h4-5,15-17H,6-14H2,1-3H3/t16-,17+/m0/s1. The lowest BCUT2D eigenvalue weighted by molar-refractivity contribution is -0.140. The van der Waals surface area contributed by atoms with Crippen molar-refractivity contribution >= 4 is 12.0 Å². The van der Waals surface area contributed by atoms with E-state index < -0.39 is 5.60 Å². The van der Waals surface area contributed by atoms with Crippen molar-refractivity contribution in [2.75, 3.05) is 19.6 Å². The van der Waals surface area contributed by atoms with Gasteiger partial charge in [-0.15, -0.1) is 0 Å². The molecule has 0 aromatic heterocycles. The van der Waals surface area contributed by atoms with E-state index in [-0.39, 0.29) is 18.1 Å². The van der Waals surface area contributed by atoms with E-state index in [0.29, 0.717) is 18.4 Å². The van der Waals surface area contributed by atoms with Gasteiger partial charge in [-0.1, -0.05) is 12.2 Å². The summed E-state index contributed by atoms with van der Waals surface area (Å²) in [5.74, 6) is 0.848. The van der Waals surface area contributed by atoms with Crippen molar-refractivity contribution in [1.82, 2.24) is 9.80 Å². The number of hydrogen-bond donors (Lipinski definition) is 0. The Morgan fingerprint density at radius 3 is 2.44 bits per heavy atom. The normalized spacial score (nSPS) is 27.8. The first-order chi connectivity index (χ1) is 11.8. The maximum absolute atomic E-state index is 13.0. The Kier molecular flexibility index (Phi) is 5.40. The Bertz CT molecular complexity index is 530. The van der Waals surface area contributed by atoms with Gasteiger partial charge in [0.15, 0.2) is 0 Å². The fourth-order valence-electron chi connectivity index (χ4n) is 4.37. The first kappa shape index (κ1) is 18.3. The van der Waals surface area contributed by atoms with E-state index in [0.717, 1.165) is 45.2 Å². The minimum Gasteiger partial charge on any atom is -0.444 e. The lowest BCUT2D eigenvalue weighted by Crippen LogP contribution is -2.50. The van der Waals surface area contributed by atoms with Crippen molar-refractivity contribution in [1.29, 1.82) is 0 Å². The van der Waals surface area contributed by atoms with Crippen LogP contribution in [0.5, 0.6) is 0 Å². The number of carbonyl (C=O) groups is 2. The molecular formula is C20H32N2O3. The third-order valence-corrected chi connectivity index (χ3v) is 5.61. The molecule has 0 radical (unpaired) electrons. The molecule has 0 aromatic carbocycles. The van der Waals surface area contributed by atoms with Crippen LogP contribution in [0.4, 0.5) is 4.79 Å². The first-order valence-corrected chi connectivity index (χ1v) is 9.78. The highest BCUT2D eigenvalue weighted by atomic mass is 16.6. The van der Waals surface area contributed by atoms with Gasteiger partial charge in [0, 0.05) is 31.6 Å². The zero-order valence-corrected chi connectivity index (χ0v) is 15.9. The molecule has 2 amide bonds. The summed E-state index contributed by atoms with van der Waals surface area (Å²) in [6.07, 6.45) is 10.1. The molecule has 140 valence electrons. The van der Waals surface area contributed by atoms with Gasteiger partial charge >= 0.3 is 6.09 Å². The largest absolute Gasteiger partial charge is 0.444 e. The quantitative estimate of drug-likeness (QED) is 0.717. The molecule has 3 rings (SSSR count). The molecule has 5 heteroatoms. The average Bonchev–Trinajstić information content (AvgIpc) is 3.24. The summed E-state index contributed by atoms with van der Waals surface area (Å²) in [5.41, 5.74) is -0.461. The summed E-state index contributed by atoms with van der Waals surface area (Å²) < 4.78 is 5.51. The predicted molar refractivity (Wildman–Crippen MR) is 97.1 cm³/mol. The average molecular weight is 348 g/mol. The van der Waals surface area contributed by atoms with Crippen LogP contribution in [0.1, 0.15) is 59.3 Å². The Morgan fingerprint density at radius 1 is 1.04 bits per heavy atom. The van der Waals surface area contributed by atoms with E-state index in [4.69, 9.17) is 4.74 Å². The van der Waals surface area contributed by atoms with Gasteiger partial charge in [-0.3, -0.25) is 4.79 Å². The Morgan fingerprint density at radius 2 is 1.76 bits per heavy atom. The number of nitrogens with zero attached hydrogens (tertiary/aromatic N) is 2.